The number of benzene rings is 1. The third kappa shape index (κ3) is 2.38. The average Bonchev–Trinajstić information content (AvgIpc) is 2.41. The number of ether oxygens (including phenoxy) is 1. The Morgan fingerprint density at radius 1 is 1.20 bits per heavy atom. The minimum absolute atomic E-state index is 0.0371. The van der Waals surface area contributed by atoms with Gasteiger partial charge in [0.2, 0.25) is 0 Å². The molecule has 0 unspecified atom stereocenters. The molecule has 0 aromatic heterocycles. The summed E-state index contributed by atoms with van der Waals surface area (Å²) in [5.74, 6) is -1.63. The molecule has 0 atom stereocenters. The molecule has 1 aliphatic heterocycles. The average molecular weight is 383 g/mol. The smallest absolute Gasteiger partial charge is 0.338 e. The van der Waals surface area contributed by atoms with Gasteiger partial charge in [-0.3, -0.25) is 0 Å². The number of sulfone groups is 2. The molecule has 0 fully saturated rings. The Bertz CT molecular complexity index is 779. The Hall–Kier alpha value is -0.930. The largest absolute Gasteiger partial charge is 0.465 e. The lowest BCUT2D eigenvalue weighted by molar-refractivity contribution is 0.0599. The zero-order valence-electron chi connectivity index (χ0n) is 10.4. The van der Waals surface area contributed by atoms with Crippen molar-refractivity contribution in [1.29, 1.82) is 0 Å². The summed E-state index contributed by atoms with van der Waals surface area (Å²) in [6, 6.07) is 2.43. The molecule has 1 aliphatic rings. The monoisotopic (exact) mass is 382 g/mol. The van der Waals surface area contributed by atoms with Crippen LogP contribution in [-0.4, -0.2) is 41.4 Å². The van der Waals surface area contributed by atoms with Crippen molar-refractivity contribution in [1.82, 2.24) is 0 Å². The van der Waals surface area contributed by atoms with Gasteiger partial charge in [0.15, 0.2) is 19.7 Å². The van der Waals surface area contributed by atoms with E-state index in [1.54, 1.807) is 0 Å². The fourth-order valence-corrected chi connectivity index (χ4v) is 7.38. The van der Waals surface area contributed by atoms with E-state index in [4.69, 9.17) is 0 Å². The van der Waals surface area contributed by atoms with E-state index in [1.165, 1.54) is 13.2 Å². The van der Waals surface area contributed by atoms with E-state index in [2.05, 4.69) is 20.7 Å². The molecule has 0 amide bonds. The van der Waals surface area contributed by atoms with Gasteiger partial charge in [0.1, 0.15) is 0 Å². The molecule has 1 aromatic carbocycles. The van der Waals surface area contributed by atoms with Crippen LogP contribution < -0.4 is 0 Å². The fraction of sp³-hybridized carbons (Fsp3) is 0.364. The van der Waals surface area contributed by atoms with Gasteiger partial charge in [0, 0.05) is 5.33 Å². The van der Waals surface area contributed by atoms with Crippen LogP contribution in [0.5, 0.6) is 0 Å². The molecule has 9 heteroatoms. The van der Waals surface area contributed by atoms with Crippen LogP contribution in [0.4, 0.5) is 0 Å². The Morgan fingerprint density at radius 2 is 1.80 bits per heavy atom. The highest BCUT2D eigenvalue weighted by Crippen LogP contribution is 2.34. The Kier molecular flexibility index (Phi) is 3.96. The summed E-state index contributed by atoms with van der Waals surface area (Å²) in [4.78, 5) is 11.1. The summed E-state index contributed by atoms with van der Waals surface area (Å²) in [6.45, 7) is 0. The van der Waals surface area contributed by atoms with Gasteiger partial charge in [0.05, 0.1) is 34.0 Å². The summed E-state index contributed by atoms with van der Waals surface area (Å²) in [5.41, 5.74) is 0.168. The van der Waals surface area contributed by atoms with E-state index >= 15 is 0 Å². The van der Waals surface area contributed by atoms with Gasteiger partial charge in [0.25, 0.3) is 0 Å². The number of rotatable bonds is 2. The number of hydrogen-bond acceptors (Lipinski definition) is 6. The van der Waals surface area contributed by atoms with Gasteiger partial charge in [-0.1, -0.05) is 15.9 Å². The van der Waals surface area contributed by atoms with Crippen LogP contribution in [0.15, 0.2) is 21.9 Å². The maximum atomic E-state index is 12.2. The molecule has 0 radical (unpaired) electrons. The van der Waals surface area contributed by atoms with Crippen molar-refractivity contribution in [2.24, 2.45) is 0 Å². The maximum absolute atomic E-state index is 12.2. The minimum Gasteiger partial charge on any atom is -0.465 e. The summed E-state index contributed by atoms with van der Waals surface area (Å²) < 4.78 is 52.9. The Labute approximate surface area is 125 Å². The standard InChI is InChI=1S/C11H11BrO6S2/c1-18-11(13)7-2-3-9-10(8(7)6-12)20(16,17)5-4-19(9,14)15/h2-3H,4-6H2,1H3. The number of carbonyl (C=O) groups is 1. The van der Waals surface area contributed by atoms with Gasteiger partial charge in [-0.05, 0) is 17.7 Å². The van der Waals surface area contributed by atoms with Gasteiger partial charge in [-0.25, -0.2) is 21.6 Å². The third-order valence-corrected chi connectivity index (χ3v) is 7.56. The van der Waals surface area contributed by atoms with Crippen molar-refractivity contribution >= 4 is 41.6 Å². The van der Waals surface area contributed by atoms with Crippen LogP contribution in [0.2, 0.25) is 0 Å². The molecular formula is C11H11BrO6S2. The van der Waals surface area contributed by atoms with E-state index < -0.39 is 37.1 Å². The normalized spacial score (nSPS) is 19.1. The first kappa shape index (κ1) is 15.5. The zero-order chi connectivity index (χ0) is 15.1. The maximum Gasteiger partial charge on any atom is 0.338 e. The molecule has 1 aromatic rings. The number of methoxy groups -OCH3 is 1. The highest BCUT2D eigenvalue weighted by atomic mass is 79.9. The predicted molar refractivity (Wildman–Crippen MR) is 74.5 cm³/mol. The van der Waals surface area contributed by atoms with Gasteiger partial charge in [-0.15, -0.1) is 0 Å². The van der Waals surface area contributed by atoms with Crippen LogP contribution in [0.1, 0.15) is 15.9 Å². The molecule has 6 nitrogen and oxygen atoms in total. The molecule has 0 spiro atoms. The van der Waals surface area contributed by atoms with Crippen molar-refractivity contribution in [2.45, 2.75) is 15.1 Å². The first-order valence-corrected chi connectivity index (χ1v) is 9.93. The van der Waals surface area contributed by atoms with E-state index in [0.717, 1.165) is 6.07 Å². The first-order chi connectivity index (χ1) is 9.24. The van der Waals surface area contributed by atoms with Crippen LogP contribution in [0.3, 0.4) is 0 Å². The van der Waals surface area contributed by atoms with Crippen LogP contribution in [-0.2, 0) is 29.7 Å². The highest BCUT2D eigenvalue weighted by Gasteiger charge is 2.37. The lowest BCUT2D eigenvalue weighted by Gasteiger charge is -2.20. The summed E-state index contributed by atoms with van der Waals surface area (Å²) in [7, 11) is -6.21. The van der Waals surface area contributed by atoms with Crippen LogP contribution in [0, 0.1) is 0 Å². The molecule has 0 N–H and O–H groups in total. The van der Waals surface area contributed by atoms with Crippen LogP contribution in [0.25, 0.3) is 0 Å². The second kappa shape index (κ2) is 5.12. The number of halogens is 1. The summed E-state index contributed by atoms with van der Waals surface area (Å²) >= 11 is 3.11. The summed E-state index contributed by atoms with van der Waals surface area (Å²) in [6.07, 6.45) is 0. The van der Waals surface area contributed by atoms with Crippen molar-refractivity contribution in [2.75, 3.05) is 18.6 Å². The second-order valence-electron chi connectivity index (χ2n) is 4.18. The lowest BCUT2D eigenvalue weighted by Crippen LogP contribution is -2.28. The zero-order valence-corrected chi connectivity index (χ0v) is 13.6. The van der Waals surface area contributed by atoms with E-state index in [9.17, 15) is 21.6 Å². The minimum atomic E-state index is -3.74. The number of hydrogen-bond donors (Lipinski definition) is 0. The quantitative estimate of drug-likeness (QED) is 0.557. The molecule has 0 bridgehead atoms. The number of fused-ring (bicyclic) bond motifs is 1. The second-order valence-corrected chi connectivity index (χ2v) is 8.87. The van der Waals surface area contributed by atoms with Crippen molar-refractivity contribution < 1.29 is 26.4 Å². The molecule has 20 heavy (non-hydrogen) atoms. The lowest BCUT2D eigenvalue weighted by atomic mass is 10.1. The molecule has 2 rings (SSSR count). The van der Waals surface area contributed by atoms with Crippen molar-refractivity contribution in [3.63, 3.8) is 0 Å². The first-order valence-electron chi connectivity index (χ1n) is 5.50. The molecule has 0 saturated heterocycles. The predicted octanol–water partition coefficient (Wildman–Crippen LogP) is 0.929. The Balaban J connectivity index is 2.91. The summed E-state index contributed by atoms with van der Waals surface area (Å²) in [5, 5.41) is 0.0371. The van der Waals surface area contributed by atoms with E-state index in [0.29, 0.717) is 0 Å². The van der Waals surface area contributed by atoms with E-state index in [-0.39, 0.29) is 26.2 Å². The van der Waals surface area contributed by atoms with Gasteiger partial charge < -0.3 is 4.74 Å². The fourth-order valence-electron chi connectivity index (χ4n) is 2.06. The molecule has 1 heterocycles. The third-order valence-electron chi connectivity index (χ3n) is 3.03. The Morgan fingerprint density at radius 3 is 2.35 bits per heavy atom. The molecule has 0 aliphatic carbocycles. The van der Waals surface area contributed by atoms with E-state index in [1.807, 2.05) is 0 Å². The van der Waals surface area contributed by atoms with Gasteiger partial charge in [-0.2, -0.15) is 0 Å². The topological polar surface area (TPSA) is 94.6 Å². The van der Waals surface area contributed by atoms with Crippen molar-refractivity contribution in [3.8, 4) is 0 Å². The number of alkyl halides is 1. The molecule has 0 saturated carbocycles. The van der Waals surface area contributed by atoms with Gasteiger partial charge >= 0.3 is 5.97 Å². The number of carbonyl (C=O) groups excluding carboxylic acids is 1. The molecule has 110 valence electrons. The molecular weight excluding hydrogens is 372 g/mol. The number of esters is 1. The van der Waals surface area contributed by atoms with Crippen LogP contribution >= 0.6 is 15.9 Å². The van der Waals surface area contributed by atoms with Crippen molar-refractivity contribution in [3.05, 3.63) is 23.3 Å². The highest BCUT2D eigenvalue weighted by molar-refractivity contribution is 9.08. The SMILES string of the molecule is COC(=O)c1ccc2c(c1CBr)S(=O)(=O)CCS2(=O)=O.